The van der Waals surface area contributed by atoms with Crippen molar-refractivity contribution in [2.75, 3.05) is 20.3 Å². The summed E-state index contributed by atoms with van der Waals surface area (Å²) >= 11 is 0. The second-order valence-electron chi connectivity index (χ2n) is 3.23. The zero-order chi connectivity index (χ0) is 11.8. The molecule has 1 N–H and O–H groups in total. The molecular weight excluding hydrogens is 206 g/mol. The lowest BCUT2D eigenvalue weighted by Crippen LogP contribution is -2.04. The van der Waals surface area contributed by atoms with E-state index in [4.69, 9.17) is 19.8 Å². The van der Waals surface area contributed by atoms with Crippen LogP contribution in [0.2, 0.25) is 0 Å². The van der Waals surface area contributed by atoms with Crippen LogP contribution in [0.3, 0.4) is 0 Å². The number of aliphatic hydroxyl groups excluding tert-OH is 1. The highest BCUT2D eigenvalue weighted by atomic mass is 16.5. The van der Waals surface area contributed by atoms with Gasteiger partial charge in [-0.05, 0) is 24.1 Å². The van der Waals surface area contributed by atoms with Gasteiger partial charge in [-0.15, -0.1) is 0 Å². The molecule has 0 aliphatic carbocycles. The Hall–Kier alpha value is -1.57. The number of rotatable bonds is 6. The van der Waals surface area contributed by atoms with Crippen molar-refractivity contribution in [3.8, 4) is 11.8 Å². The Morgan fingerprint density at radius 3 is 2.56 bits per heavy atom. The third kappa shape index (κ3) is 3.54. The van der Waals surface area contributed by atoms with Gasteiger partial charge < -0.3 is 14.6 Å². The van der Waals surface area contributed by atoms with E-state index in [1.807, 2.05) is 0 Å². The van der Waals surface area contributed by atoms with E-state index in [-0.39, 0.29) is 6.61 Å². The third-order valence-corrected chi connectivity index (χ3v) is 2.12. The summed E-state index contributed by atoms with van der Waals surface area (Å²) in [5, 5.41) is 17.5. The van der Waals surface area contributed by atoms with Gasteiger partial charge in [0.15, 0.2) is 6.10 Å². The largest absolute Gasteiger partial charge is 0.497 e. The number of methoxy groups -OCH3 is 1. The average Bonchev–Trinajstić information content (AvgIpc) is 2.35. The highest BCUT2D eigenvalue weighted by molar-refractivity contribution is 5.30. The molecule has 16 heavy (non-hydrogen) atoms. The van der Waals surface area contributed by atoms with Crippen LogP contribution < -0.4 is 4.74 Å². The number of benzene rings is 1. The maximum atomic E-state index is 8.94. The quantitative estimate of drug-likeness (QED) is 0.742. The highest BCUT2D eigenvalue weighted by Crippen LogP contribution is 2.20. The molecular formula is C12H15NO3. The summed E-state index contributed by atoms with van der Waals surface area (Å²) in [6.07, 6.45) is -0.0496. The van der Waals surface area contributed by atoms with Crippen molar-refractivity contribution in [3.63, 3.8) is 0 Å². The lowest BCUT2D eigenvalue weighted by Gasteiger charge is -2.10. The molecule has 1 atom stereocenters. The van der Waals surface area contributed by atoms with Crippen molar-refractivity contribution in [2.45, 2.75) is 12.5 Å². The minimum Gasteiger partial charge on any atom is -0.497 e. The van der Waals surface area contributed by atoms with Crippen LogP contribution >= 0.6 is 0 Å². The standard InChI is InChI=1S/C12H15NO3/c1-15-11-5-3-10(4-6-11)12(9-13)16-8-2-7-14/h3-6,12,14H,2,7-8H2,1H3. The molecule has 1 aromatic carbocycles. The van der Waals surface area contributed by atoms with Crippen LogP contribution in [-0.2, 0) is 4.74 Å². The lowest BCUT2D eigenvalue weighted by atomic mass is 10.1. The maximum absolute atomic E-state index is 8.94. The van der Waals surface area contributed by atoms with Crippen molar-refractivity contribution < 1.29 is 14.6 Å². The van der Waals surface area contributed by atoms with Gasteiger partial charge in [0.05, 0.1) is 19.8 Å². The van der Waals surface area contributed by atoms with E-state index in [9.17, 15) is 0 Å². The molecule has 0 saturated carbocycles. The van der Waals surface area contributed by atoms with Gasteiger partial charge in [-0.1, -0.05) is 12.1 Å². The SMILES string of the molecule is COc1ccc(C(C#N)OCCCO)cc1. The Balaban J connectivity index is 2.61. The van der Waals surface area contributed by atoms with E-state index in [0.717, 1.165) is 11.3 Å². The molecule has 0 aromatic heterocycles. The second-order valence-corrected chi connectivity index (χ2v) is 3.23. The number of nitrogens with zero attached hydrogens (tertiary/aromatic N) is 1. The summed E-state index contributed by atoms with van der Waals surface area (Å²) in [7, 11) is 1.59. The van der Waals surface area contributed by atoms with Gasteiger partial charge in [-0.25, -0.2) is 0 Å². The van der Waals surface area contributed by atoms with Crippen LogP contribution in [0.5, 0.6) is 5.75 Å². The molecule has 0 heterocycles. The predicted octanol–water partition coefficient (Wildman–Crippen LogP) is 1.66. The number of hydrogen-bond donors (Lipinski definition) is 1. The van der Waals surface area contributed by atoms with Gasteiger partial charge in [0.25, 0.3) is 0 Å². The lowest BCUT2D eigenvalue weighted by molar-refractivity contribution is 0.0773. The van der Waals surface area contributed by atoms with E-state index in [1.54, 1.807) is 31.4 Å². The van der Waals surface area contributed by atoms with Crippen molar-refractivity contribution in [1.29, 1.82) is 5.26 Å². The first-order valence-corrected chi connectivity index (χ1v) is 5.08. The summed E-state index contributed by atoms with van der Waals surface area (Å²) < 4.78 is 10.4. The molecule has 0 aliphatic heterocycles. The summed E-state index contributed by atoms with van der Waals surface area (Å²) in [5.74, 6) is 0.746. The smallest absolute Gasteiger partial charge is 0.169 e. The number of nitriles is 1. The minimum atomic E-state index is -0.586. The topological polar surface area (TPSA) is 62.5 Å². The van der Waals surface area contributed by atoms with Crippen LogP contribution in [-0.4, -0.2) is 25.4 Å². The summed E-state index contributed by atoms with van der Waals surface area (Å²) in [6.45, 7) is 0.446. The van der Waals surface area contributed by atoms with Gasteiger partial charge in [0.2, 0.25) is 0 Å². The zero-order valence-electron chi connectivity index (χ0n) is 9.22. The van der Waals surface area contributed by atoms with E-state index in [0.29, 0.717) is 13.0 Å². The van der Waals surface area contributed by atoms with Gasteiger partial charge >= 0.3 is 0 Å². The molecule has 0 saturated heterocycles. The van der Waals surface area contributed by atoms with Crippen LogP contribution in [0.25, 0.3) is 0 Å². The van der Waals surface area contributed by atoms with E-state index in [2.05, 4.69) is 6.07 Å². The van der Waals surface area contributed by atoms with Crippen LogP contribution in [0.1, 0.15) is 18.1 Å². The molecule has 0 aliphatic rings. The minimum absolute atomic E-state index is 0.0702. The molecule has 1 rings (SSSR count). The van der Waals surface area contributed by atoms with Gasteiger partial charge in [0.1, 0.15) is 5.75 Å². The van der Waals surface area contributed by atoms with E-state index >= 15 is 0 Å². The first-order valence-electron chi connectivity index (χ1n) is 5.08. The second kappa shape index (κ2) is 6.83. The van der Waals surface area contributed by atoms with Crippen molar-refractivity contribution in [3.05, 3.63) is 29.8 Å². The summed E-state index contributed by atoms with van der Waals surface area (Å²) in [6, 6.07) is 9.24. The van der Waals surface area contributed by atoms with Gasteiger partial charge in [-0.2, -0.15) is 5.26 Å². The molecule has 4 nitrogen and oxygen atoms in total. The Morgan fingerprint density at radius 2 is 2.06 bits per heavy atom. The first-order chi connectivity index (χ1) is 7.81. The van der Waals surface area contributed by atoms with Crippen molar-refractivity contribution in [1.82, 2.24) is 0 Å². The fourth-order valence-electron chi connectivity index (χ4n) is 1.25. The molecule has 0 fully saturated rings. The Morgan fingerprint density at radius 1 is 1.38 bits per heavy atom. The Bertz CT molecular complexity index is 342. The van der Waals surface area contributed by atoms with Crippen LogP contribution in [0.4, 0.5) is 0 Å². The Kier molecular flexibility index (Phi) is 5.34. The van der Waals surface area contributed by atoms with Gasteiger partial charge in [-0.3, -0.25) is 0 Å². The van der Waals surface area contributed by atoms with Crippen molar-refractivity contribution in [2.24, 2.45) is 0 Å². The fourth-order valence-corrected chi connectivity index (χ4v) is 1.25. The van der Waals surface area contributed by atoms with Crippen LogP contribution in [0.15, 0.2) is 24.3 Å². The fraction of sp³-hybridized carbons (Fsp3) is 0.417. The zero-order valence-corrected chi connectivity index (χ0v) is 9.22. The molecule has 0 amide bonds. The van der Waals surface area contributed by atoms with Crippen molar-refractivity contribution >= 4 is 0 Å². The molecule has 4 heteroatoms. The van der Waals surface area contributed by atoms with Gasteiger partial charge in [0, 0.05) is 6.61 Å². The number of ether oxygens (including phenoxy) is 2. The summed E-state index contributed by atoms with van der Waals surface area (Å²) in [4.78, 5) is 0. The summed E-state index contributed by atoms with van der Waals surface area (Å²) in [5.41, 5.74) is 0.793. The molecule has 0 spiro atoms. The first kappa shape index (κ1) is 12.5. The average molecular weight is 221 g/mol. The number of aliphatic hydroxyl groups is 1. The molecule has 1 unspecified atom stereocenters. The molecule has 86 valence electrons. The molecule has 0 bridgehead atoms. The molecule has 1 aromatic rings. The van der Waals surface area contributed by atoms with E-state index < -0.39 is 6.10 Å². The normalized spacial score (nSPS) is 11.8. The van der Waals surface area contributed by atoms with Crippen LogP contribution in [0, 0.1) is 11.3 Å². The monoisotopic (exact) mass is 221 g/mol. The Labute approximate surface area is 95.0 Å². The predicted molar refractivity (Wildman–Crippen MR) is 59.0 cm³/mol. The third-order valence-electron chi connectivity index (χ3n) is 2.12. The number of hydrogen-bond acceptors (Lipinski definition) is 4. The molecule has 0 radical (unpaired) electrons. The maximum Gasteiger partial charge on any atom is 0.169 e. The highest BCUT2D eigenvalue weighted by Gasteiger charge is 2.10. The van der Waals surface area contributed by atoms with E-state index in [1.165, 1.54) is 0 Å².